The summed E-state index contributed by atoms with van der Waals surface area (Å²) in [6.07, 6.45) is 5.85. The summed E-state index contributed by atoms with van der Waals surface area (Å²) >= 11 is 0. The molecular weight excluding hydrogens is 228 g/mol. The van der Waals surface area contributed by atoms with E-state index in [1.807, 2.05) is 10.7 Å². The first kappa shape index (κ1) is 13.1. The van der Waals surface area contributed by atoms with E-state index in [0.29, 0.717) is 12.5 Å². The number of anilines is 1. The Morgan fingerprint density at radius 2 is 2.44 bits per heavy atom. The van der Waals surface area contributed by atoms with Gasteiger partial charge in [0.25, 0.3) is 0 Å². The van der Waals surface area contributed by atoms with Crippen LogP contribution in [0, 0.1) is 11.8 Å². The Morgan fingerprint density at radius 1 is 1.61 bits per heavy atom. The van der Waals surface area contributed by atoms with Crippen molar-refractivity contribution in [3.05, 3.63) is 12.3 Å². The summed E-state index contributed by atoms with van der Waals surface area (Å²) in [6, 6.07) is 1.85. The Balaban J connectivity index is 2.00. The van der Waals surface area contributed by atoms with Crippen LogP contribution in [0.4, 0.5) is 5.82 Å². The van der Waals surface area contributed by atoms with Gasteiger partial charge in [-0.2, -0.15) is 5.10 Å². The normalized spacial score (nSPS) is 23.2. The maximum atomic E-state index is 12.2. The van der Waals surface area contributed by atoms with Crippen molar-refractivity contribution in [1.82, 2.24) is 9.78 Å². The maximum Gasteiger partial charge on any atom is 0.228 e. The third kappa shape index (κ3) is 2.72. The Hall–Kier alpha value is -1.36. The highest BCUT2D eigenvalue weighted by Gasteiger charge is 2.32. The fourth-order valence-corrected chi connectivity index (χ4v) is 2.71. The van der Waals surface area contributed by atoms with Crippen LogP contribution in [0.5, 0.6) is 0 Å². The minimum absolute atomic E-state index is 0.0694. The smallest absolute Gasteiger partial charge is 0.228 e. The molecule has 1 heterocycles. The van der Waals surface area contributed by atoms with Crippen molar-refractivity contribution in [2.45, 2.75) is 39.2 Å². The van der Waals surface area contributed by atoms with Gasteiger partial charge in [-0.05, 0) is 31.7 Å². The summed E-state index contributed by atoms with van der Waals surface area (Å²) in [5.74, 6) is 1.30. The second-order valence-electron chi connectivity index (χ2n) is 4.96. The zero-order chi connectivity index (χ0) is 13.0. The molecule has 100 valence electrons. The molecule has 2 atom stereocenters. The van der Waals surface area contributed by atoms with Crippen molar-refractivity contribution in [1.29, 1.82) is 0 Å². The lowest BCUT2D eigenvalue weighted by Crippen LogP contribution is -2.30. The number of rotatable bonds is 5. The highest BCUT2D eigenvalue weighted by molar-refractivity contribution is 5.92. The highest BCUT2D eigenvalue weighted by Crippen LogP contribution is 2.31. The van der Waals surface area contributed by atoms with Crippen LogP contribution in [-0.2, 0) is 11.3 Å². The molecule has 0 radical (unpaired) electrons. The molecular formula is C13H22N4O. The standard InChI is InChI=1S/C13H22N4O/c1-2-8-17-12(6-7-15-17)16-13(18)11-5-3-4-10(11)9-14/h6-7,10-11H,2-5,8-9,14H2,1H3,(H,16,18)/t10-,11-/m1/s1. The third-order valence-corrected chi connectivity index (χ3v) is 3.70. The van der Waals surface area contributed by atoms with Gasteiger partial charge < -0.3 is 11.1 Å². The molecule has 0 aromatic carbocycles. The Kier molecular flexibility index (Phi) is 4.36. The van der Waals surface area contributed by atoms with Gasteiger partial charge in [-0.15, -0.1) is 0 Å². The van der Waals surface area contributed by atoms with Crippen LogP contribution in [0.1, 0.15) is 32.6 Å². The summed E-state index contributed by atoms with van der Waals surface area (Å²) in [5, 5.41) is 7.19. The van der Waals surface area contributed by atoms with Crippen LogP contribution < -0.4 is 11.1 Å². The molecule has 0 spiro atoms. The minimum atomic E-state index is 0.0694. The molecule has 18 heavy (non-hydrogen) atoms. The predicted molar refractivity (Wildman–Crippen MR) is 71.0 cm³/mol. The molecule has 5 nitrogen and oxygen atoms in total. The average molecular weight is 250 g/mol. The van der Waals surface area contributed by atoms with Gasteiger partial charge in [0.15, 0.2) is 0 Å². The van der Waals surface area contributed by atoms with Crippen molar-refractivity contribution in [3.8, 4) is 0 Å². The largest absolute Gasteiger partial charge is 0.330 e. The van der Waals surface area contributed by atoms with Crippen LogP contribution in [0.25, 0.3) is 0 Å². The molecule has 1 aliphatic carbocycles. The van der Waals surface area contributed by atoms with E-state index in [1.54, 1.807) is 6.20 Å². The first-order valence-electron chi connectivity index (χ1n) is 6.79. The summed E-state index contributed by atoms with van der Waals surface area (Å²) in [7, 11) is 0. The van der Waals surface area contributed by atoms with Crippen LogP contribution in [0.15, 0.2) is 12.3 Å². The molecule has 1 aliphatic rings. The monoisotopic (exact) mass is 250 g/mol. The van der Waals surface area contributed by atoms with Gasteiger partial charge in [-0.3, -0.25) is 4.79 Å². The van der Waals surface area contributed by atoms with Crippen molar-refractivity contribution in [2.24, 2.45) is 17.6 Å². The summed E-state index contributed by atoms with van der Waals surface area (Å²) < 4.78 is 1.84. The molecule has 0 saturated heterocycles. The molecule has 1 saturated carbocycles. The number of nitrogens with two attached hydrogens (primary N) is 1. The molecule has 0 bridgehead atoms. The van der Waals surface area contributed by atoms with Crippen molar-refractivity contribution >= 4 is 11.7 Å². The lowest BCUT2D eigenvalue weighted by Gasteiger charge is -2.17. The number of carbonyl (C=O) groups excluding carboxylic acids is 1. The second-order valence-corrected chi connectivity index (χ2v) is 4.96. The van der Waals surface area contributed by atoms with Crippen LogP contribution >= 0.6 is 0 Å². The fraction of sp³-hybridized carbons (Fsp3) is 0.692. The van der Waals surface area contributed by atoms with Gasteiger partial charge in [0.2, 0.25) is 5.91 Å². The van der Waals surface area contributed by atoms with E-state index in [1.165, 1.54) is 0 Å². The number of aromatic nitrogens is 2. The number of hydrogen-bond acceptors (Lipinski definition) is 3. The van der Waals surface area contributed by atoms with E-state index >= 15 is 0 Å². The third-order valence-electron chi connectivity index (χ3n) is 3.70. The topological polar surface area (TPSA) is 72.9 Å². The first-order chi connectivity index (χ1) is 8.76. The molecule has 1 aromatic rings. The van der Waals surface area contributed by atoms with Crippen molar-refractivity contribution in [2.75, 3.05) is 11.9 Å². The predicted octanol–water partition coefficient (Wildman–Crippen LogP) is 1.61. The molecule has 0 aliphatic heterocycles. The van der Waals surface area contributed by atoms with E-state index in [0.717, 1.165) is 38.0 Å². The maximum absolute atomic E-state index is 12.2. The molecule has 1 fully saturated rings. The van der Waals surface area contributed by atoms with Gasteiger partial charge in [0, 0.05) is 18.5 Å². The number of hydrogen-bond donors (Lipinski definition) is 2. The number of nitrogens with zero attached hydrogens (tertiary/aromatic N) is 2. The lowest BCUT2D eigenvalue weighted by molar-refractivity contribution is -0.120. The zero-order valence-corrected chi connectivity index (χ0v) is 10.9. The van der Waals surface area contributed by atoms with E-state index < -0.39 is 0 Å². The van der Waals surface area contributed by atoms with E-state index in [-0.39, 0.29) is 11.8 Å². The lowest BCUT2D eigenvalue weighted by atomic mass is 9.95. The van der Waals surface area contributed by atoms with Gasteiger partial charge in [-0.1, -0.05) is 13.3 Å². The van der Waals surface area contributed by atoms with Crippen LogP contribution in [0.2, 0.25) is 0 Å². The van der Waals surface area contributed by atoms with Gasteiger partial charge in [0.05, 0.1) is 6.20 Å². The van der Waals surface area contributed by atoms with Crippen LogP contribution in [0.3, 0.4) is 0 Å². The van der Waals surface area contributed by atoms with Gasteiger partial charge >= 0.3 is 0 Å². The molecule has 1 amide bonds. The molecule has 3 N–H and O–H groups in total. The van der Waals surface area contributed by atoms with Crippen LogP contribution in [-0.4, -0.2) is 22.2 Å². The molecule has 5 heteroatoms. The number of nitrogens with one attached hydrogen (secondary N) is 1. The van der Waals surface area contributed by atoms with Gasteiger partial charge in [0.1, 0.15) is 5.82 Å². The molecule has 0 unspecified atom stereocenters. The summed E-state index contributed by atoms with van der Waals surface area (Å²) in [6.45, 7) is 3.52. The second kappa shape index (κ2) is 6.00. The Bertz CT molecular complexity index is 401. The first-order valence-corrected chi connectivity index (χ1v) is 6.79. The Labute approximate surface area is 108 Å². The fourth-order valence-electron chi connectivity index (χ4n) is 2.71. The molecule has 1 aromatic heterocycles. The SMILES string of the molecule is CCCn1nccc1NC(=O)[C@@H]1CCC[C@@H]1CN. The van der Waals surface area contributed by atoms with Gasteiger partial charge in [-0.25, -0.2) is 4.68 Å². The van der Waals surface area contributed by atoms with Crippen molar-refractivity contribution in [3.63, 3.8) is 0 Å². The van der Waals surface area contributed by atoms with E-state index in [2.05, 4.69) is 17.3 Å². The zero-order valence-electron chi connectivity index (χ0n) is 10.9. The molecule has 2 rings (SSSR count). The Morgan fingerprint density at radius 3 is 3.17 bits per heavy atom. The highest BCUT2D eigenvalue weighted by atomic mass is 16.2. The summed E-state index contributed by atoms with van der Waals surface area (Å²) in [5.41, 5.74) is 5.72. The number of carbonyl (C=O) groups is 1. The number of amides is 1. The van der Waals surface area contributed by atoms with E-state index in [4.69, 9.17) is 5.73 Å². The minimum Gasteiger partial charge on any atom is -0.330 e. The quantitative estimate of drug-likeness (QED) is 0.833. The average Bonchev–Trinajstić information content (AvgIpc) is 2.98. The van der Waals surface area contributed by atoms with Crippen molar-refractivity contribution < 1.29 is 4.79 Å². The summed E-state index contributed by atoms with van der Waals surface area (Å²) in [4.78, 5) is 12.2. The number of aryl methyl sites for hydroxylation is 1. The van der Waals surface area contributed by atoms with E-state index in [9.17, 15) is 4.79 Å².